The van der Waals surface area contributed by atoms with Crippen molar-refractivity contribution in [2.45, 2.75) is 26.2 Å². The van der Waals surface area contributed by atoms with Crippen molar-refractivity contribution >= 4 is 5.97 Å². The first-order valence-electron chi connectivity index (χ1n) is 4.75. The summed E-state index contributed by atoms with van der Waals surface area (Å²) in [6.07, 6.45) is 5.67. The van der Waals surface area contributed by atoms with Crippen LogP contribution in [-0.4, -0.2) is 31.1 Å². The van der Waals surface area contributed by atoms with Crippen molar-refractivity contribution in [2.75, 3.05) is 20.2 Å². The van der Waals surface area contributed by atoms with Crippen molar-refractivity contribution in [3.05, 3.63) is 11.8 Å². The summed E-state index contributed by atoms with van der Waals surface area (Å²) < 4.78 is 4.62. The summed E-state index contributed by atoms with van der Waals surface area (Å²) in [6, 6.07) is 0. The minimum Gasteiger partial charge on any atom is -0.466 e. The van der Waals surface area contributed by atoms with Crippen LogP contribution in [0.1, 0.15) is 26.2 Å². The Bertz CT molecular complexity index is 205. The molecule has 1 saturated heterocycles. The highest BCUT2D eigenvalue weighted by Crippen LogP contribution is 2.10. The topological polar surface area (TPSA) is 29.5 Å². The first kappa shape index (κ1) is 10.1. The van der Waals surface area contributed by atoms with Crippen molar-refractivity contribution in [1.29, 1.82) is 0 Å². The molecule has 0 bridgehead atoms. The minimum absolute atomic E-state index is 0.231. The van der Waals surface area contributed by atoms with Crippen molar-refractivity contribution in [2.24, 2.45) is 0 Å². The standard InChI is InChI=1S/C10H17NO2/c1-9(10(12)13-2)8-11-6-4-3-5-7-11/h8H,3-7H2,1-2H3/b9-8+. The van der Waals surface area contributed by atoms with Crippen LogP contribution >= 0.6 is 0 Å². The van der Waals surface area contributed by atoms with Gasteiger partial charge in [0.15, 0.2) is 0 Å². The van der Waals surface area contributed by atoms with Crippen LogP contribution in [0.5, 0.6) is 0 Å². The molecule has 0 saturated carbocycles. The average molecular weight is 183 g/mol. The molecular weight excluding hydrogens is 166 g/mol. The molecule has 13 heavy (non-hydrogen) atoms. The van der Waals surface area contributed by atoms with E-state index in [0.29, 0.717) is 5.57 Å². The van der Waals surface area contributed by atoms with E-state index in [-0.39, 0.29) is 5.97 Å². The number of esters is 1. The van der Waals surface area contributed by atoms with Gasteiger partial charge in [-0.25, -0.2) is 4.79 Å². The molecule has 1 rings (SSSR count). The number of hydrogen-bond donors (Lipinski definition) is 0. The van der Waals surface area contributed by atoms with Crippen molar-refractivity contribution in [3.63, 3.8) is 0 Å². The van der Waals surface area contributed by atoms with Crippen LogP contribution in [0.3, 0.4) is 0 Å². The predicted octanol–water partition coefficient (Wildman–Crippen LogP) is 1.55. The normalized spacial score (nSPS) is 18.6. The third kappa shape index (κ3) is 3.09. The summed E-state index contributed by atoms with van der Waals surface area (Å²) in [5, 5.41) is 0. The molecule has 0 aromatic heterocycles. The molecular formula is C10H17NO2. The maximum absolute atomic E-state index is 11.1. The van der Waals surface area contributed by atoms with E-state index in [1.165, 1.54) is 26.4 Å². The molecule has 0 aromatic carbocycles. The van der Waals surface area contributed by atoms with Crippen molar-refractivity contribution < 1.29 is 9.53 Å². The molecule has 3 nitrogen and oxygen atoms in total. The quantitative estimate of drug-likeness (QED) is 0.480. The van der Waals surface area contributed by atoms with Gasteiger partial charge in [-0.3, -0.25) is 0 Å². The lowest BCUT2D eigenvalue weighted by Crippen LogP contribution is -2.25. The monoisotopic (exact) mass is 183 g/mol. The second-order valence-corrected chi connectivity index (χ2v) is 3.40. The van der Waals surface area contributed by atoms with Crippen LogP contribution < -0.4 is 0 Å². The van der Waals surface area contributed by atoms with E-state index in [1.54, 1.807) is 6.92 Å². The molecule has 0 radical (unpaired) electrons. The minimum atomic E-state index is -0.231. The van der Waals surface area contributed by atoms with Crippen LogP contribution in [0.2, 0.25) is 0 Å². The third-order valence-corrected chi connectivity index (χ3v) is 2.27. The fourth-order valence-electron chi connectivity index (χ4n) is 1.54. The number of rotatable bonds is 2. The molecule has 0 amide bonds. The second-order valence-electron chi connectivity index (χ2n) is 3.40. The Morgan fingerprint density at radius 2 is 1.92 bits per heavy atom. The van der Waals surface area contributed by atoms with Gasteiger partial charge in [0.2, 0.25) is 0 Å². The molecule has 74 valence electrons. The maximum atomic E-state index is 11.1. The van der Waals surface area contributed by atoms with Crippen molar-refractivity contribution in [1.82, 2.24) is 4.90 Å². The molecule has 0 aromatic rings. The van der Waals surface area contributed by atoms with E-state index >= 15 is 0 Å². The van der Waals surface area contributed by atoms with E-state index in [1.807, 2.05) is 6.20 Å². The fraction of sp³-hybridized carbons (Fsp3) is 0.700. The maximum Gasteiger partial charge on any atom is 0.334 e. The van der Waals surface area contributed by atoms with Crippen LogP contribution in [-0.2, 0) is 9.53 Å². The lowest BCUT2D eigenvalue weighted by atomic mass is 10.1. The molecule has 0 N–H and O–H groups in total. The van der Waals surface area contributed by atoms with Gasteiger partial charge >= 0.3 is 5.97 Å². The summed E-state index contributed by atoms with van der Waals surface area (Å²) in [4.78, 5) is 13.3. The first-order valence-corrected chi connectivity index (χ1v) is 4.75. The number of piperidine rings is 1. The zero-order chi connectivity index (χ0) is 9.68. The van der Waals surface area contributed by atoms with Crippen molar-refractivity contribution in [3.8, 4) is 0 Å². The van der Waals surface area contributed by atoms with Gasteiger partial charge in [0.05, 0.1) is 7.11 Å². The van der Waals surface area contributed by atoms with E-state index in [4.69, 9.17) is 0 Å². The Hall–Kier alpha value is -0.990. The number of nitrogens with zero attached hydrogens (tertiary/aromatic N) is 1. The van der Waals surface area contributed by atoms with E-state index in [2.05, 4.69) is 9.64 Å². The smallest absolute Gasteiger partial charge is 0.334 e. The molecule has 0 spiro atoms. The Labute approximate surface area is 79.4 Å². The summed E-state index contributed by atoms with van der Waals surface area (Å²) in [6.45, 7) is 3.92. The first-order chi connectivity index (χ1) is 6.24. The number of carbonyl (C=O) groups is 1. The molecule has 1 fully saturated rings. The van der Waals surface area contributed by atoms with Gasteiger partial charge in [-0.2, -0.15) is 0 Å². The molecule has 3 heteroatoms. The van der Waals surface area contributed by atoms with Gasteiger partial charge in [-0.15, -0.1) is 0 Å². The van der Waals surface area contributed by atoms with E-state index < -0.39 is 0 Å². The van der Waals surface area contributed by atoms with Crippen LogP contribution in [0.25, 0.3) is 0 Å². The fourth-order valence-corrected chi connectivity index (χ4v) is 1.54. The number of hydrogen-bond acceptors (Lipinski definition) is 3. The highest BCUT2D eigenvalue weighted by atomic mass is 16.5. The Morgan fingerprint density at radius 3 is 2.46 bits per heavy atom. The number of methoxy groups -OCH3 is 1. The second kappa shape index (κ2) is 4.90. The zero-order valence-electron chi connectivity index (χ0n) is 8.38. The average Bonchev–Trinajstić information content (AvgIpc) is 2.18. The zero-order valence-corrected chi connectivity index (χ0v) is 8.38. The van der Waals surface area contributed by atoms with Crippen LogP contribution in [0.4, 0.5) is 0 Å². The number of likely N-dealkylation sites (tertiary alicyclic amines) is 1. The van der Waals surface area contributed by atoms with Gasteiger partial charge in [-0.1, -0.05) is 0 Å². The Kier molecular flexibility index (Phi) is 3.80. The van der Waals surface area contributed by atoms with Gasteiger partial charge in [0, 0.05) is 24.9 Å². The highest BCUT2D eigenvalue weighted by molar-refractivity contribution is 5.87. The lowest BCUT2D eigenvalue weighted by molar-refractivity contribution is -0.136. The van der Waals surface area contributed by atoms with Crippen LogP contribution in [0, 0.1) is 0 Å². The van der Waals surface area contributed by atoms with E-state index in [9.17, 15) is 4.79 Å². The Balaban J connectivity index is 2.47. The number of carbonyl (C=O) groups excluding carboxylic acids is 1. The summed E-state index contributed by atoms with van der Waals surface area (Å²) >= 11 is 0. The largest absolute Gasteiger partial charge is 0.466 e. The van der Waals surface area contributed by atoms with Crippen LogP contribution in [0.15, 0.2) is 11.8 Å². The SMILES string of the molecule is COC(=O)/C(C)=C/N1CCCCC1. The summed E-state index contributed by atoms with van der Waals surface area (Å²) in [5.74, 6) is -0.231. The molecule has 1 heterocycles. The van der Waals surface area contributed by atoms with Gasteiger partial charge < -0.3 is 9.64 Å². The Morgan fingerprint density at radius 1 is 1.31 bits per heavy atom. The molecule has 0 unspecified atom stereocenters. The summed E-state index contributed by atoms with van der Waals surface area (Å²) in [5.41, 5.74) is 0.685. The van der Waals surface area contributed by atoms with Gasteiger partial charge in [0.25, 0.3) is 0 Å². The van der Waals surface area contributed by atoms with Gasteiger partial charge in [-0.05, 0) is 26.2 Å². The third-order valence-electron chi connectivity index (χ3n) is 2.27. The number of ether oxygens (including phenoxy) is 1. The van der Waals surface area contributed by atoms with E-state index in [0.717, 1.165) is 13.1 Å². The summed E-state index contributed by atoms with van der Waals surface area (Å²) in [7, 11) is 1.41. The van der Waals surface area contributed by atoms with Gasteiger partial charge in [0.1, 0.15) is 0 Å². The molecule has 1 aliphatic heterocycles. The molecule has 0 aliphatic carbocycles. The predicted molar refractivity (Wildman–Crippen MR) is 51.2 cm³/mol. The molecule has 0 atom stereocenters. The molecule has 1 aliphatic rings. The highest BCUT2D eigenvalue weighted by Gasteiger charge is 2.09. The lowest BCUT2D eigenvalue weighted by Gasteiger charge is -2.25.